The van der Waals surface area contributed by atoms with Gasteiger partial charge in [0, 0.05) is 26.9 Å². The molecule has 82 valence electrons. The molecule has 0 aliphatic heterocycles. The molecule has 0 spiro atoms. The van der Waals surface area contributed by atoms with E-state index in [2.05, 4.69) is 15.9 Å². The van der Waals surface area contributed by atoms with Gasteiger partial charge in [0.25, 0.3) is 4.45 Å². The van der Waals surface area contributed by atoms with E-state index in [9.17, 15) is 10.1 Å². The highest BCUT2D eigenvalue weighted by Gasteiger charge is 2.37. The summed E-state index contributed by atoms with van der Waals surface area (Å²) in [6.45, 7) is 0. The van der Waals surface area contributed by atoms with E-state index < -0.39 is 4.45 Å². The number of nitro groups is 1. The number of benzene rings is 1. The van der Waals surface area contributed by atoms with Crippen molar-refractivity contribution < 1.29 is 4.92 Å². The lowest BCUT2D eigenvalue weighted by Gasteiger charge is -2.17. The number of hydrogen-bond acceptors (Lipinski definition) is 2. The van der Waals surface area contributed by atoms with Gasteiger partial charge in [-0.15, -0.1) is 0 Å². The van der Waals surface area contributed by atoms with Gasteiger partial charge >= 0.3 is 0 Å². The highest BCUT2D eigenvalue weighted by atomic mass is 79.9. The molecule has 16 heavy (non-hydrogen) atoms. The number of alkyl halides is 1. The molecular formula is C12H10BrNO2. The minimum absolute atomic E-state index is 0.318. The molecule has 0 N–H and O–H groups in total. The van der Waals surface area contributed by atoms with E-state index in [1.807, 2.05) is 36.4 Å². The maximum Gasteiger partial charge on any atom is 0.296 e. The molecule has 1 atom stereocenters. The SMILES string of the molecule is O=[N+]([O-])[C@@]1(Br)C=CC(c2ccccc2)=CC1. The molecule has 0 amide bonds. The molecule has 2 rings (SSSR count). The van der Waals surface area contributed by atoms with Crippen molar-refractivity contribution in [3.8, 4) is 0 Å². The van der Waals surface area contributed by atoms with Crippen LogP contribution in [0.2, 0.25) is 0 Å². The lowest BCUT2D eigenvalue weighted by molar-refractivity contribution is -0.520. The molecule has 0 bridgehead atoms. The van der Waals surface area contributed by atoms with Crippen LogP contribution >= 0.6 is 15.9 Å². The first-order valence-corrected chi connectivity index (χ1v) is 5.69. The van der Waals surface area contributed by atoms with Gasteiger partial charge in [0.2, 0.25) is 0 Å². The lowest BCUT2D eigenvalue weighted by Crippen LogP contribution is -2.29. The highest BCUT2D eigenvalue weighted by Crippen LogP contribution is 2.33. The van der Waals surface area contributed by atoms with E-state index in [1.165, 1.54) is 0 Å². The molecule has 4 heteroatoms. The fourth-order valence-electron chi connectivity index (χ4n) is 1.59. The molecule has 0 aromatic heterocycles. The second kappa shape index (κ2) is 4.22. The summed E-state index contributed by atoms with van der Waals surface area (Å²) in [6, 6.07) is 9.83. The third kappa shape index (κ3) is 2.07. The van der Waals surface area contributed by atoms with Crippen molar-refractivity contribution in [2.45, 2.75) is 10.9 Å². The van der Waals surface area contributed by atoms with E-state index in [0.717, 1.165) is 11.1 Å². The summed E-state index contributed by atoms with van der Waals surface area (Å²) in [5.41, 5.74) is 2.11. The largest absolute Gasteiger partial charge is 0.296 e. The zero-order valence-corrected chi connectivity index (χ0v) is 10.1. The van der Waals surface area contributed by atoms with E-state index in [1.54, 1.807) is 12.2 Å². The molecule has 0 fully saturated rings. The second-order valence-electron chi connectivity index (χ2n) is 3.64. The average Bonchev–Trinajstić information content (AvgIpc) is 2.31. The maximum atomic E-state index is 10.8. The van der Waals surface area contributed by atoms with Crippen LogP contribution < -0.4 is 0 Å². The Morgan fingerprint density at radius 1 is 1.31 bits per heavy atom. The van der Waals surface area contributed by atoms with Crippen LogP contribution in [0.15, 0.2) is 48.6 Å². The molecular weight excluding hydrogens is 270 g/mol. The molecule has 1 aliphatic rings. The monoisotopic (exact) mass is 279 g/mol. The summed E-state index contributed by atoms with van der Waals surface area (Å²) in [4.78, 5) is 10.5. The van der Waals surface area contributed by atoms with Crippen LogP contribution in [0.25, 0.3) is 5.57 Å². The maximum absolute atomic E-state index is 10.8. The third-order valence-corrected chi connectivity index (χ3v) is 3.41. The Kier molecular flexibility index (Phi) is 2.92. The summed E-state index contributed by atoms with van der Waals surface area (Å²) in [5, 5.41) is 10.8. The Labute approximate surface area is 102 Å². The quantitative estimate of drug-likeness (QED) is 0.360. The summed E-state index contributed by atoms with van der Waals surface area (Å²) in [6.07, 6.45) is 5.62. The van der Waals surface area contributed by atoms with Crippen LogP contribution in [0.1, 0.15) is 12.0 Å². The molecule has 0 heterocycles. The van der Waals surface area contributed by atoms with Crippen LogP contribution in [0, 0.1) is 10.1 Å². The zero-order valence-electron chi connectivity index (χ0n) is 8.47. The Morgan fingerprint density at radius 3 is 2.50 bits per heavy atom. The van der Waals surface area contributed by atoms with Crippen molar-refractivity contribution >= 4 is 21.5 Å². The molecule has 1 aromatic rings. The molecule has 3 nitrogen and oxygen atoms in total. The van der Waals surface area contributed by atoms with Crippen molar-refractivity contribution in [1.29, 1.82) is 0 Å². The fraction of sp³-hybridized carbons (Fsp3) is 0.167. The topological polar surface area (TPSA) is 43.1 Å². The number of nitrogens with zero attached hydrogens (tertiary/aromatic N) is 1. The summed E-state index contributed by atoms with van der Waals surface area (Å²) < 4.78 is -1.13. The highest BCUT2D eigenvalue weighted by molar-refractivity contribution is 9.10. The van der Waals surface area contributed by atoms with Crippen LogP contribution in [-0.2, 0) is 0 Å². The van der Waals surface area contributed by atoms with Gasteiger partial charge in [0.1, 0.15) is 0 Å². The number of halogens is 1. The van der Waals surface area contributed by atoms with Crippen molar-refractivity contribution in [3.63, 3.8) is 0 Å². The first-order chi connectivity index (χ1) is 7.62. The number of allylic oxidation sites excluding steroid dienone is 2. The van der Waals surface area contributed by atoms with Gasteiger partial charge in [-0.05, 0) is 11.1 Å². The van der Waals surface area contributed by atoms with E-state index in [4.69, 9.17) is 0 Å². The Hall–Kier alpha value is -1.42. The summed E-state index contributed by atoms with van der Waals surface area (Å²) in [7, 11) is 0. The van der Waals surface area contributed by atoms with Gasteiger partial charge in [0.15, 0.2) is 0 Å². The zero-order chi connectivity index (χ0) is 11.6. The van der Waals surface area contributed by atoms with Gasteiger partial charge in [-0.3, -0.25) is 10.1 Å². The number of hydrogen-bond donors (Lipinski definition) is 0. The van der Waals surface area contributed by atoms with Crippen LogP contribution in [0.3, 0.4) is 0 Å². The molecule has 0 saturated carbocycles. The smallest absolute Gasteiger partial charge is 0.263 e. The number of rotatable bonds is 2. The predicted molar refractivity (Wildman–Crippen MR) is 66.8 cm³/mol. The Balaban J connectivity index is 2.23. The first-order valence-electron chi connectivity index (χ1n) is 4.90. The van der Waals surface area contributed by atoms with Crippen LogP contribution in [0.4, 0.5) is 0 Å². The Bertz CT molecular complexity index is 467. The van der Waals surface area contributed by atoms with Crippen molar-refractivity contribution in [1.82, 2.24) is 0 Å². The summed E-state index contributed by atoms with van der Waals surface area (Å²) >= 11 is 3.13. The van der Waals surface area contributed by atoms with Crippen LogP contribution in [0.5, 0.6) is 0 Å². The van der Waals surface area contributed by atoms with Crippen molar-refractivity contribution in [2.75, 3.05) is 0 Å². The average molecular weight is 280 g/mol. The Morgan fingerprint density at radius 2 is 2.00 bits per heavy atom. The summed E-state index contributed by atoms with van der Waals surface area (Å²) in [5.74, 6) is 0. The minimum atomic E-state index is -1.13. The fourth-order valence-corrected chi connectivity index (χ4v) is 1.88. The standard InChI is InChI=1S/C12H10BrNO2/c13-12(14(15)16)8-6-11(7-9-12)10-4-2-1-3-5-10/h1-8H,9H2/t12-/m0/s1. The van der Waals surface area contributed by atoms with Gasteiger partial charge in [-0.25, -0.2) is 0 Å². The van der Waals surface area contributed by atoms with E-state index in [0.29, 0.717) is 6.42 Å². The normalized spacial score (nSPS) is 23.9. The first kappa shape index (κ1) is 11.1. The van der Waals surface area contributed by atoms with Gasteiger partial charge in [0.05, 0.1) is 6.42 Å². The minimum Gasteiger partial charge on any atom is -0.263 e. The van der Waals surface area contributed by atoms with Crippen molar-refractivity contribution in [3.05, 3.63) is 64.2 Å². The van der Waals surface area contributed by atoms with Crippen LogP contribution in [-0.4, -0.2) is 9.37 Å². The van der Waals surface area contributed by atoms with E-state index >= 15 is 0 Å². The van der Waals surface area contributed by atoms with E-state index in [-0.39, 0.29) is 4.92 Å². The van der Waals surface area contributed by atoms with Gasteiger partial charge in [-0.1, -0.05) is 42.5 Å². The molecule has 1 aliphatic carbocycles. The predicted octanol–water partition coefficient (Wildman–Crippen LogP) is 3.40. The molecule has 0 unspecified atom stereocenters. The lowest BCUT2D eigenvalue weighted by atomic mass is 9.97. The van der Waals surface area contributed by atoms with Gasteiger partial charge < -0.3 is 0 Å². The molecule has 1 aromatic carbocycles. The molecule has 0 radical (unpaired) electrons. The second-order valence-corrected chi connectivity index (χ2v) is 5.01. The van der Waals surface area contributed by atoms with Crippen molar-refractivity contribution in [2.24, 2.45) is 0 Å². The third-order valence-electron chi connectivity index (χ3n) is 2.54. The van der Waals surface area contributed by atoms with Gasteiger partial charge in [-0.2, -0.15) is 0 Å². The molecule has 0 saturated heterocycles.